The molecule has 0 aliphatic heterocycles. The summed E-state index contributed by atoms with van der Waals surface area (Å²) in [5.74, 6) is -1.04. The summed E-state index contributed by atoms with van der Waals surface area (Å²) in [4.78, 5) is 42.5. The number of hydrogen-bond acceptors (Lipinski definition) is 6. The van der Waals surface area contributed by atoms with E-state index in [1.807, 2.05) is 6.07 Å². The van der Waals surface area contributed by atoms with Crippen LogP contribution in [0.25, 0.3) is 0 Å². The summed E-state index contributed by atoms with van der Waals surface area (Å²) in [5.41, 5.74) is 1.57. The molecule has 0 unspecified atom stereocenters. The van der Waals surface area contributed by atoms with Crippen LogP contribution in [0, 0.1) is 0 Å². The van der Waals surface area contributed by atoms with E-state index in [1.165, 1.54) is 25.7 Å². The molecule has 0 saturated carbocycles. The maximum atomic E-state index is 12.1. The zero-order valence-corrected chi connectivity index (χ0v) is 13.1. The largest absolute Gasteiger partial charge is 0.467 e. The molecule has 1 aromatic carbocycles. The van der Waals surface area contributed by atoms with Gasteiger partial charge in [-0.25, -0.2) is 9.78 Å². The van der Waals surface area contributed by atoms with E-state index in [-0.39, 0.29) is 5.69 Å². The molecular formula is C17H17N3O4. The number of ether oxygens (including phenoxy) is 1. The number of carbonyl (C=O) groups is 3. The number of nitrogens with zero attached hydrogens (tertiary/aromatic N) is 2. The van der Waals surface area contributed by atoms with Crippen LogP contribution in [0.15, 0.2) is 42.9 Å². The number of aldehydes is 1. The smallest absolute Gasteiger partial charge is 0.328 e. The van der Waals surface area contributed by atoms with E-state index in [2.05, 4.69) is 15.3 Å². The Morgan fingerprint density at radius 2 is 2.17 bits per heavy atom. The number of nitrogens with one attached hydrogen (secondary N) is 1. The van der Waals surface area contributed by atoms with E-state index in [9.17, 15) is 14.4 Å². The molecule has 24 heavy (non-hydrogen) atoms. The molecule has 0 radical (unpaired) electrons. The van der Waals surface area contributed by atoms with Crippen molar-refractivity contribution in [3.63, 3.8) is 0 Å². The summed E-state index contributed by atoms with van der Waals surface area (Å²) in [5, 5.41) is 2.60. The predicted octanol–water partition coefficient (Wildman–Crippen LogP) is 1.19. The number of esters is 1. The highest BCUT2D eigenvalue weighted by Gasteiger charge is 2.22. The molecular weight excluding hydrogens is 310 g/mol. The molecule has 0 saturated heterocycles. The Balaban J connectivity index is 2.04. The molecule has 124 valence electrons. The van der Waals surface area contributed by atoms with E-state index in [0.717, 1.165) is 11.8 Å². The molecule has 7 heteroatoms. The number of methoxy groups -OCH3 is 1. The number of rotatable bonds is 7. The molecule has 1 heterocycles. The van der Waals surface area contributed by atoms with Crippen molar-refractivity contribution in [2.45, 2.75) is 18.9 Å². The van der Waals surface area contributed by atoms with Gasteiger partial charge in [-0.05, 0) is 24.5 Å². The van der Waals surface area contributed by atoms with E-state index in [0.29, 0.717) is 18.4 Å². The first-order chi connectivity index (χ1) is 11.6. The lowest BCUT2D eigenvalue weighted by atomic mass is 10.0. The van der Waals surface area contributed by atoms with Crippen LogP contribution >= 0.6 is 0 Å². The average Bonchev–Trinajstić information content (AvgIpc) is 2.65. The van der Waals surface area contributed by atoms with Gasteiger partial charge in [-0.2, -0.15) is 0 Å². The molecule has 0 bridgehead atoms. The molecule has 1 atom stereocenters. The summed E-state index contributed by atoms with van der Waals surface area (Å²) in [6.45, 7) is 0. The van der Waals surface area contributed by atoms with E-state index < -0.39 is 17.9 Å². The number of carbonyl (C=O) groups excluding carboxylic acids is 3. The molecule has 1 amide bonds. The van der Waals surface area contributed by atoms with Gasteiger partial charge in [-0.15, -0.1) is 0 Å². The topological polar surface area (TPSA) is 98.2 Å². The van der Waals surface area contributed by atoms with Crippen molar-refractivity contribution in [1.82, 2.24) is 15.3 Å². The Morgan fingerprint density at radius 3 is 2.83 bits per heavy atom. The van der Waals surface area contributed by atoms with Gasteiger partial charge < -0.3 is 10.1 Å². The second-order valence-electron chi connectivity index (χ2n) is 5.04. The maximum absolute atomic E-state index is 12.1. The van der Waals surface area contributed by atoms with Crippen LogP contribution in [0.3, 0.4) is 0 Å². The monoisotopic (exact) mass is 327 g/mol. The summed E-state index contributed by atoms with van der Waals surface area (Å²) in [6, 6.07) is 6.25. The number of hydrogen-bond donors (Lipinski definition) is 1. The fourth-order valence-electron chi connectivity index (χ4n) is 2.17. The Bertz CT molecular complexity index is 719. The molecule has 0 spiro atoms. The van der Waals surface area contributed by atoms with Crippen LogP contribution in [-0.4, -0.2) is 41.3 Å². The summed E-state index contributed by atoms with van der Waals surface area (Å²) >= 11 is 0. The van der Waals surface area contributed by atoms with Gasteiger partial charge >= 0.3 is 5.97 Å². The van der Waals surface area contributed by atoms with Gasteiger partial charge in [-0.3, -0.25) is 14.6 Å². The maximum Gasteiger partial charge on any atom is 0.328 e. The lowest BCUT2D eigenvalue weighted by Crippen LogP contribution is -2.42. The van der Waals surface area contributed by atoms with Crippen molar-refractivity contribution in [1.29, 1.82) is 0 Å². The molecule has 0 aliphatic rings. The predicted molar refractivity (Wildman–Crippen MR) is 85.5 cm³/mol. The van der Waals surface area contributed by atoms with Gasteiger partial charge in [0.15, 0.2) is 0 Å². The Morgan fingerprint density at radius 1 is 1.33 bits per heavy atom. The Kier molecular flexibility index (Phi) is 6.13. The first-order valence-corrected chi connectivity index (χ1v) is 7.33. The molecule has 2 rings (SSSR count). The third-order valence-corrected chi connectivity index (χ3v) is 3.40. The molecule has 0 fully saturated rings. The van der Waals surface area contributed by atoms with Crippen molar-refractivity contribution in [2.75, 3.05) is 7.11 Å². The van der Waals surface area contributed by atoms with Crippen LogP contribution in [-0.2, 0) is 16.0 Å². The van der Waals surface area contributed by atoms with Crippen LogP contribution in [0.2, 0.25) is 0 Å². The van der Waals surface area contributed by atoms with Gasteiger partial charge in [0.05, 0.1) is 13.3 Å². The third kappa shape index (κ3) is 4.70. The van der Waals surface area contributed by atoms with Crippen LogP contribution < -0.4 is 5.32 Å². The zero-order chi connectivity index (χ0) is 17.4. The molecule has 1 N–H and O–H groups in total. The Labute approximate surface area is 139 Å². The molecule has 2 aromatic rings. The SMILES string of the molecule is COC(=O)[C@H](CCc1cccc(C=O)c1)NC(=O)c1cnccn1. The standard InChI is InChI=1S/C17H17N3O4/c1-24-17(23)14(20-16(22)15-10-18-7-8-19-15)6-5-12-3-2-4-13(9-12)11-21/h2-4,7-11,14H,5-6H2,1H3,(H,20,22)/t14-/m0/s1. The summed E-state index contributed by atoms with van der Waals surface area (Å²) < 4.78 is 4.74. The third-order valence-electron chi connectivity index (χ3n) is 3.40. The highest BCUT2D eigenvalue weighted by atomic mass is 16.5. The van der Waals surface area contributed by atoms with E-state index >= 15 is 0 Å². The van der Waals surface area contributed by atoms with Crippen molar-refractivity contribution >= 4 is 18.2 Å². The molecule has 1 aromatic heterocycles. The van der Waals surface area contributed by atoms with Crippen LogP contribution in [0.5, 0.6) is 0 Å². The molecule has 7 nitrogen and oxygen atoms in total. The minimum atomic E-state index is -0.815. The lowest BCUT2D eigenvalue weighted by molar-refractivity contribution is -0.143. The second kappa shape index (κ2) is 8.52. The lowest BCUT2D eigenvalue weighted by Gasteiger charge is -2.16. The van der Waals surface area contributed by atoms with Crippen molar-refractivity contribution in [3.8, 4) is 0 Å². The first kappa shape index (κ1) is 17.3. The van der Waals surface area contributed by atoms with Crippen molar-refractivity contribution in [3.05, 3.63) is 59.7 Å². The van der Waals surface area contributed by atoms with Gasteiger partial charge in [-0.1, -0.05) is 18.2 Å². The van der Waals surface area contributed by atoms with Crippen LogP contribution in [0.1, 0.15) is 32.8 Å². The molecule has 0 aliphatic carbocycles. The quantitative estimate of drug-likeness (QED) is 0.606. The van der Waals surface area contributed by atoms with Crippen LogP contribution in [0.4, 0.5) is 0 Å². The average molecular weight is 327 g/mol. The number of benzene rings is 1. The summed E-state index contributed by atoms with van der Waals surface area (Å²) in [6.07, 6.45) is 5.76. The number of aryl methyl sites for hydroxylation is 1. The highest BCUT2D eigenvalue weighted by Crippen LogP contribution is 2.09. The van der Waals surface area contributed by atoms with E-state index in [4.69, 9.17) is 4.74 Å². The van der Waals surface area contributed by atoms with Gasteiger partial charge in [0.1, 0.15) is 18.0 Å². The van der Waals surface area contributed by atoms with Gasteiger partial charge in [0.2, 0.25) is 0 Å². The normalized spacial score (nSPS) is 11.4. The Hall–Kier alpha value is -3.09. The minimum Gasteiger partial charge on any atom is -0.467 e. The fraction of sp³-hybridized carbons (Fsp3) is 0.235. The highest BCUT2D eigenvalue weighted by molar-refractivity contribution is 5.94. The van der Waals surface area contributed by atoms with Gasteiger partial charge in [0, 0.05) is 18.0 Å². The zero-order valence-electron chi connectivity index (χ0n) is 13.1. The summed E-state index contributed by atoms with van der Waals surface area (Å²) in [7, 11) is 1.26. The minimum absolute atomic E-state index is 0.120. The first-order valence-electron chi connectivity index (χ1n) is 7.33. The van der Waals surface area contributed by atoms with Crippen molar-refractivity contribution < 1.29 is 19.1 Å². The number of aromatic nitrogens is 2. The van der Waals surface area contributed by atoms with Crippen molar-refractivity contribution in [2.24, 2.45) is 0 Å². The second-order valence-corrected chi connectivity index (χ2v) is 5.04. The van der Waals surface area contributed by atoms with Gasteiger partial charge in [0.25, 0.3) is 5.91 Å². The number of amides is 1. The fourth-order valence-corrected chi connectivity index (χ4v) is 2.17. The van der Waals surface area contributed by atoms with E-state index in [1.54, 1.807) is 18.2 Å².